The summed E-state index contributed by atoms with van der Waals surface area (Å²) in [6.07, 6.45) is 8.04. The largest absolute Gasteiger partial charge is 0.274 e. The van der Waals surface area contributed by atoms with Crippen molar-refractivity contribution in [2.24, 2.45) is 11.8 Å². The lowest BCUT2D eigenvalue weighted by Crippen LogP contribution is -2.43. The highest BCUT2D eigenvalue weighted by Crippen LogP contribution is 2.50. The number of unbranched alkanes of at least 4 members (excludes halogenated alkanes) is 2. The van der Waals surface area contributed by atoms with Gasteiger partial charge in [-0.1, -0.05) is 110 Å². The number of amides is 4. The molecule has 7 rings (SSSR count). The van der Waals surface area contributed by atoms with E-state index in [9.17, 15) is 19.2 Å². The highest BCUT2D eigenvalue weighted by atomic mass is 79.9. The Bertz CT molecular complexity index is 2020. The smallest absolute Gasteiger partial charge is 0.261 e. The lowest BCUT2D eigenvalue weighted by molar-refractivity contribution is 0.0565. The minimum absolute atomic E-state index is 0.252. The number of carbonyl (C=O) groups excluding carboxylic acids is 4. The molecule has 0 N–H and O–H groups in total. The van der Waals surface area contributed by atoms with Crippen LogP contribution in [0, 0.1) is 11.8 Å². The summed E-state index contributed by atoms with van der Waals surface area (Å²) in [5, 5.41) is 6.47. The SMILES string of the molecule is CCCC[C@@H](CC)CN1C(=O)c2ccc3c4c(Br)cc5c6c(ccc(c7c(Br)cc(c2c37)C1=O)c64)C(=O)N(C[C@H](CC)CCCC)C5=O. The molecule has 48 heavy (non-hydrogen) atoms. The van der Waals surface area contributed by atoms with Crippen LogP contribution in [0.3, 0.4) is 0 Å². The first-order valence-electron chi connectivity index (χ1n) is 17.5. The van der Waals surface area contributed by atoms with Crippen LogP contribution in [0.1, 0.15) is 120 Å². The van der Waals surface area contributed by atoms with Gasteiger partial charge in [-0.3, -0.25) is 29.0 Å². The molecule has 5 aromatic carbocycles. The van der Waals surface area contributed by atoms with Gasteiger partial charge in [-0.2, -0.15) is 0 Å². The van der Waals surface area contributed by atoms with Gasteiger partial charge in [0.25, 0.3) is 23.6 Å². The Morgan fingerprint density at radius 2 is 0.896 bits per heavy atom. The third-order valence-electron chi connectivity index (χ3n) is 10.9. The fraction of sp³-hybridized carbons (Fsp3) is 0.400. The zero-order valence-corrected chi connectivity index (χ0v) is 31.1. The van der Waals surface area contributed by atoms with Crippen molar-refractivity contribution in [2.75, 3.05) is 13.1 Å². The van der Waals surface area contributed by atoms with Crippen molar-refractivity contribution in [3.05, 3.63) is 67.6 Å². The van der Waals surface area contributed by atoms with Gasteiger partial charge in [0.1, 0.15) is 0 Å². The number of fused-ring (bicyclic) bond motifs is 2. The van der Waals surface area contributed by atoms with Gasteiger partial charge in [0.2, 0.25) is 0 Å². The van der Waals surface area contributed by atoms with Gasteiger partial charge in [-0.15, -0.1) is 0 Å². The second-order valence-corrected chi connectivity index (χ2v) is 15.4. The van der Waals surface area contributed by atoms with E-state index in [1.54, 1.807) is 0 Å². The van der Waals surface area contributed by atoms with E-state index in [0.29, 0.717) is 46.1 Å². The molecular formula is C40H40Br2N2O4. The fourth-order valence-electron chi connectivity index (χ4n) is 8.15. The average Bonchev–Trinajstić information content (AvgIpc) is 3.09. The van der Waals surface area contributed by atoms with E-state index in [1.807, 2.05) is 36.4 Å². The van der Waals surface area contributed by atoms with E-state index in [2.05, 4.69) is 59.6 Å². The number of rotatable bonds is 12. The Kier molecular flexibility index (Phi) is 8.86. The number of benzene rings is 5. The van der Waals surface area contributed by atoms with Crippen LogP contribution in [-0.2, 0) is 0 Å². The van der Waals surface area contributed by atoms with E-state index in [0.717, 1.165) is 92.6 Å². The molecule has 4 amide bonds. The number of halogens is 2. The van der Waals surface area contributed by atoms with Crippen LogP contribution >= 0.6 is 31.9 Å². The molecular weight excluding hydrogens is 732 g/mol. The molecule has 2 aliphatic rings. The Morgan fingerprint density at radius 3 is 1.25 bits per heavy atom. The van der Waals surface area contributed by atoms with Gasteiger partial charge in [0, 0.05) is 76.6 Å². The molecule has 2 atom stereocenters. The summed E-state index contributed by atoms with van der Waals surface area (Å²) in [7, 11) is 0. The van der Waals surface area contributed by atoms with Gasteiger partial charge >= 0.3 is 0 Å². The summed E-state index contributed by atoms with van der Waals surface area (Å²) in [6, 6.07) is 11.3. The van der Waals surface area contributed by atoms with E-state index in [1.165, 1.54) is 9.80 Å². The van der Waals surface area contributed by atoms with E-state index in [4.69, 9.17) is 0 Å². The highest BCUT2D eigenvalue weighted by Gasteiger charge is 2.39. The van der Waals surface area contributed by atoms with Crippen LogP contribution in [0.2, 0.25) is 0 Å². The molecule has 5 aromatic rings. The van der Waals surface area contributed by atoms with Crippen LogP contribution in [0.25, 0.3) is 43.1 Å². The zero-order chi connectivity index (χ0) is 34.0. The summed E-state index contributed by atoms with van der Waals surface area (Å²) in [5.74, 6) is -0.520. The second kappa shape index (κ2) is 12.8. The lowest BCUT2D eigenvalue weighted by atomic mass is 9.82. The highest BCUT2D eigenvalue weighted by molar-refractivity contribution is 9.11. The summed E-state index contributed by atoms with van der Waals surface area (Å²) < 4.78 is 1.48. The molecule has 0 saturated carbocycles. The van der Waals surface area contributed by atoms with Gasteiger partial charge in [0.05, 0.1) is 0 Å². The van der Waals surface area contributed by atoms with Crippen LogP contribution in [-0.4, -0.2) is 46.5 Å². The molecule has 6 nitrogen and oxygen atoms in total. The Labute approximate surface area is 297 Å². The summed E-state index contributed by atoms with van der Waals surface area (Å²) >= 11 is 7.66. The van der Waals surface area contributed by atoms with Crippen molar-refractivity contribution in [1.82, 2.24) is 9.80 Å². The molecule has 0 aromatic heterocycles. The first-order valence-corrected chi connectivity index (χ1v) is 19.1. The van der Waals surface area contributed by atoms with Crippen molar-refractivity contribution >= 4 is 98.6 Å². The monoisotopic (exact) mass is 770 g/mol. The van der Waals surface area contributed by atoms with Crippen molar-refractivity contribution in [2.45, 2.75) is 79.1 Å². The van der Waals surface area contributed by atoms with E-state index < -0.39 is 0 Å². The second-order valence-electron chi connectivity index (χ2n) is 13.7. The molecule has 0 fully saturated rings. The van der Waals surface area contributed by atoms with E-state index in [-0.39, 0.29) is 35.5 Å². The maximum Gasteiger partial charge on any atom is 0.261 e. The number of hydrogen-bond donors (Lipinski definition) is 0. The molecule has 0 bridgehead atoms. The Balaban J connectivity index is 1.44. The molecule has 8 heteroatoms. The predicted octanol–water partition coefficient (Wildman–Crippen LogP) is 10.9. The number of imide groups is 2. The summed E-state index contributed by atoms with van der Waals surface area (Å²) in [4.78, 5) is 59.2. The maximum atomic E-state index is 14.1. The molecule has 0 spiro atoms. The Morgan fingerprint density at radius 1 is 0.521 bits per heavy atom. The average molecular weight is 773 g/mol. The van der Waals surface area contributed by atoms with Crippen molar-refractivity contribution in [3.63, 3.8) is 0 Å². The lowest BCUT2D eigenvalue weighted by Gasteiger charge is -2.32. The van der Waals surface area contributed by atoms with Crippen LogP contribution in [0.15, 0.2) is 45.3 Å². The predicted molar refractivity (Wildman–Crippen MR) is 200 cm³/mol. The molecule has 248 valence electrons. The minimum Gasteiger partial charge on any atom is -0.274 e. The molecule has 2 heterocycles. The van der Waals surface area contributed by atoms with Crippen LogP contribution in [0.5, 0.6) is 0 Å². The van der Waals surface area contributed by atoms with Crippen molar-refractivity contribution in [3.8, 4) is 0 Å². The number of nitrogens with zero attached hydrogens (tertiary/aromatic N) is 2. The van der Waals surface area contributed by atoms with Gasteiger partial charge in [-0.25, -0.2) is 0 Å². The molecule has 0 saturated heterocycles. The standard InChI is InChI=1S/C40H40Br2N2O4/c1-5-9-11-21(7-3)19-43-37(45)25-15-13-23-34-30(42)18-28-32-26(38(46)44(40(28)48)20-22(8-4)12-10-6-2)16-14-24(36(32)34)33-29(41)17-27(39(43)47)31(25)35(23)33/h13-18,21-22H,5-12,19-20H2,1-4H3/t21-,22-/m1/s1. The molecule has 0 radical (unpaired) electrons. The summed E-state index contributed by atoms with van der Waals surface area (Å²) in [5.41, 5.74) is 2.09. The van der Waals surface area contributed by atoms with Crippen LogP contribution < -0.4 is 0 Å². The van der Waals surface area contributed by atoms with Crippen molar-refractivity contribution in [1.29, 1.82) is 0 Å². The van der Waals surface area contributed by atoms with E-state index >= 15 is 0 Å². The molecule has 0 aliphatic carbocycles. The quantitative estimate of drug-likeness (QED) is 0.0719. The number of carbonyl (C=O) groups is 4. The van der Waals surface area contributed by atoms with Crippen LogP contribution in [0.4, 0.5) is 0 Å². The topological polar surface area (TPSA) is 74.8 Å². The van der Waals surface area contributed by atoms with Crippen molar-refractivity contribution < 1.29 is 19.2 Å². The molecule has 2 aliphatic heterocycles. The maximum absolute atomic E-state index is 14.1. The normalized spacial score (nSPS) is 16.0. The first kappa shape index (κ1) is 33.2. The minimum atomic E-state index is -0.262. The third kappa shape index (κ3) is 4.92. The van der Waals surface area contributed by atoms with Gasteiger partial charge in [-0.05, 0) is 59.7 Å². The number of hydrogen-bond acceptors (Lipinski definition) is 4. The zero-order valence-electron chi connectivity index (χ0n) is 28.0. The van der Waals surface area contributed by atoms with Gasteiger partial charge in [0.15, 0.2) is 0 Å². The molecule has 0 unspecified atom stereocenters. The third-order valence-corrected chi connectivity index (χ3v) is 12.1. The fourth-order valence-corrected chi connectivity index (χ4v) is 9.43. The van der Waals surface area contributed by atoms with Gasteiger partial charge < -0.3 is 0 Å². The first-order chi connectivity index (χ1) is 23.2. The Hall–Kier alpha value is -3.36. The summed E-state index contributed by atoms with van der Waals surface area (Å²) in [6.45, 7) is 9.37.